The lowest BCUT2D eigenvalue weighted by Crippen LogP contribution is -2.11. The summed E-state index contributed by atoms with van der Waals surface area (Å²) in [6.45, 7) is 5.30. The minimum Gasteiger partial charge on any atom is -0.491 e. The molecule has 0 atom stereocenters. The number of unbranched alkanes of at least 4 members (excludes halogenated alkanes) is 5. The molecule has 2 aromatic rings. The van der Waals surface area contributed by atoms with Crippen molar-refractivity contribution < 1.29 is 18.3 Å². The predicted octanol–water partition coefficient (Wildman–Crippen LogP) is 7.26. The van der Waals surface area contributed by atoms with Crippen molar-refractivity contribution in [3.63, 3.8) is 0 Å². The Labute approximate surface area is 173 Å². The quantitative estimate of drug-likeness (QED) is 0.368. The molecule has 29 heavy (non-hydrogen) atoms. The average Bonchev–Trinajstić information content (AvgIpc) is 2.73. The number of hydrogen-bond acceptors (Lipinski definition) is 2. The van der Waals surface area contributed by atoms with Gasteiger partial charge in [-0.25, -0.2) is 8.78 Å². The number of fused-ring (bicyclic) bond motifs is 3. The van der Waals surface area contributed by atoms with Crippen molar-refractivity contribution in [1.82, 2.24) is 0 Å². The molecule has 0 heterocycles. The first-order chi connectivity index (χ1) is 14.2. The highest BCUT2D eigenvalue weighted by Gasteiger charge is 2.25. The Bertz CT molecular complexity index is 817. The van der Waals surface area contributed by atoms with E-state index in [1.54, 1.807) is 12.1 Å². The Kier molecular flexibility index (Phi) is 7.91. The van der Waals surface area contributed by atoms with Crippen molar-refractivity contribution in [3.05, 3.63) is 47.0 Å². The molecule has 0 N–H and O–H groups in total. The van der Waals surface area contributed by atoms with Crippen molar-refractivity contribution in [2.75, 3.05) is 13.2 Å². The predicted molar refractivity (Wildman–Crippen MR) is 114 cm³/mol. The lowest BCUT2D eigenvalue weighted by atomic mass is 9.84. The lowest BCUT2D eigenvalue weighted by Gasteiger charge is -2.23. The molecule has 158 valence electrons. The van der Waals surface area contributed by atoms with Crippen LogP contribution in [-0.4, -0.2) is 13.2 Å². The number of halogens is 2. The SMILES string of the molecule is CCCCCCCOc1ccc2c(c1F)CCc1c-2ccc(OCCCC)c1F. The number of rotatable bonds is 11. The van der Waals surface area contributed by atoms with Gasteiger partial charge in [-0.3, -0.25) is 0 Å². The molecule has 2 aromatic carbocycles. The van der Waals surface area contributed by atoms with Crippen LogP contribution in [0.1, 0.15) is 69.9 Å². The molecule has 0 aliphatic heterocycles. The third-order valence-corrected chi connectivity index (χ3v) is 5.59. The molecule has 0 radical (unpaired) electrons. The Morgan fingerprint density at radius 1 is 0.655 bits per heavy atom. The molecule has 1 aliphatic rings. The summed E-state index contributed by atoms with van der Waals surface area (Å²) in [5.41, 5.74) is 2.77. The number of benzene rings is 2. The van der Waals surface area contributed by atoms with E-state index in [0.29, 0.717) is 48.7 Å². The van der Waals surface area contributed by atoms with E-state index >= 15 is 4.39 Å². The average molecular weight is 403 g/mol. The highest BCUT2D eigenvalue weighted by molar-refractivity contribution is 5.75. The molecule has 1 aliphatic carbocycles. The van der Waals surface area contributed by atoms with Crippen LogP contribution in [0, 0.1) is 11.6 Å². The lowest BCUT2D eigenvalue weighted by molar-refractivity contribution is 0.289. The van der Waals surface area contributed by atoms with Gasteiger partial charge in [-0.15, -0.1) is 0 Å². The van der Waals surface area contributed by atoms with Crippen molar-refractivity contribution in [2.45, 2.75) is 71.6 Å². The summed E-state index contributed by atoms with van der Waals surface area (Å²) in [7, 11) is 0. The van der Waals surface area contributed by atoms with E-state index in [4.69, 9.17) is 9.47 Å². The van der Waals surface area contributed by atoms with Crippen molar-refractivity contribution in [3.8, 4) is 22.6 Å². The fourth-order valence-corrected chi connectivity index (χ4v) is 3.88. The Balaban J connectivity index is 1.73. The van der Waals surface area contributed by atoms with E-state index < -0.39 is 0 Å². The third kappa shape index (κ3) is 5.09. The van der Waals surface area contributed by atoms with E-state index in [9.17, 15) is 4.39 Å². The third-order valence-electron chi connectivity index (χ3n) is 5.59. The highest BCUT2D eigenvalue weighted by Crippen LogP contribution is 2.40. The normalized spacial score (nSPS) is 12.4. The van der Waals surface area contributed by atoms with Gasteiger partial charge in [0.15, 0.2) is 23.1 Å². The second kappa shape index (κ2) is 10.6. The highest BCUT2D eigenvalue weighted by atomic mass is 19.1. The smallest absolute Gasteiger partial charge is 0.168 e. The van der Waals surface area contributed by atoms with Crippen LogP contribution in [0.3, 0.4) is 0 Å². The van der Waals surface area contributed by atoms with Crippen LogP contribution in [0.2, 0.25) is 0 Å². The largest absolute Gasteiger partial charge is 0.491 e. The van der Waals surface area contributed by atoms with Crippen LogP contribution >= 0.6 is 0 Å². The van der Waals surface area contributed by atoms with Gasteiger partial charge < -0.3 is 9.47 Å². The Morgan fingerprint density at radius 3 is 1.66 bits per heavy atom. The summed E-state index contributed by atoms with van der Waals surface area (Å²) in [6, 6.07) is 7.06. The maximum atomic E-state index is 15.0. The molecular formula is C25H32F2O2. The van der Waals surface area contributed by atoms with E-state index in [2.05, 4.69) is 13.8 Å². The van der Waals surface area contributed by atoms with Gasteiger partial charge in [0.1, 0.15) is 0 Å². The molecule has 0 unspecified atom stereocenters. The van der Waals surface area contributed by atoms with Crippen LogP contribution in [0.5, 0.6) is 11.5 Å². The van der Waals surface area contributed by atoms with Gasteiger partial charge in [-0.1, -0.05) is 58.1 Å². The van der Waals surface area contributed by atoms with Crippen LogP contribution < -0.4 is 9.47 Å². The van der Waals surface area contributed by atoms with Crippen molar-refractivity contribution in [1.29, 1.82) is 0 Å². The minimum atomic E-state index is -0.308. The number of ether oxygens (including phenoxy) is 2. The van der Waals surface area contributed by atoms with E-state index in [1.807, 2.05) is 12.1 Å². The Hall–Kier alpha value is -2.10. The minimum absolute atomic E-state index is 0.296. The molecular weight excluding hydrogens is 370 g/mol. The van der Waals surface area contributed by atoms with Crippen LogP contribution in [0.15, 0.2) is 24.3 Å². The molecule has 0 bridgehead atoms. The van der Waals surface area contributed by atoms with Crippen LogP contribution in [0.4, 0.5) is 8.78 Å². The Morgan fingerprint density at radius 2 is 1.14 bits per heavy atom. The maximum Gasteiger partial charge on any atom is 0.168 e. The monoisotopic (exact) mass is 402 g/mol. The first-order valence-corrected chi connectivity index (χ1v) is 11.1. The van der Waals surface area contributed by atoms with Gasteiger partial charge in [0.05, 0.1) is 13.2 Å². The second-order valence-electron chi connectivity index (χ2n) is 7.77. The van der Waals surface area contributed by atoms with Crippen molar-refractivity contribution >= 4 is 0 Å². The van der Waals surface area contributed by atoms with Gasteiger partial charge in [0.2, 0.25) is 0 Å². The number of hydrogen-bond donors (Lipinski definition) is 0. The topological polar surface area (TPSA) is 18.5 Å². The molecule has 0 saturated carbocycles. The van der Waals surface area contributed by atoms with Crippen LogP contribution in [0.25, 0.3) is 11.1 Å². The summed E-state index contributed by atoms with van der Waals surface area (Å²) in [5, 5.41) is 0. The van der Waals surface area contributed by atoms with Crippen molar-refractivity contribution in [2.24, 2.45) is 0 Å². The summed E-state index contributed by atoms with van der Waals surface area (Å²) in [4.78, 5) is 0. The summed E-state index contributed by atoms with van der Waals surface area (Å²) < 4.78 is 41.2. The van der Waals surface area contributed by atoms with Gasteiger partial charge in [-0.2, -0.15) is 0 Å². The van der Waals surface area contributed by atoms with Gasteiger partial charge in [0.25, 0.3) is 0 Å². The summed E-state index contributed by atoms with van der Waals surface area (Å²) in [6.07, 6.45) is 8.51. The van der Waals surface area contributed by atoms with E-state index in [1.165, 1.54) is 19.3 Å². The first kappa shape index (κ1) is 21.6. The second-order valence-corrected chi connectivity index (χ2v) is 7.77. The molecule has 0 amide bonds. The molecule has 2 nitrogen and oxygen atoms in total. The molecule has 0 saturated heterocycles. The maximum absolute atomic E-state index is 15.0. The van der Waals surface area contributed by atoms with E-state index in [-0.39, 0.29) is 11.6 Å². The molecule has 0 aromatic heterocycles. The zero-order valence-corrected chi connectivity index (χ0v) is 17.7. The molecule has 0 spiro atoms. The fourth-order valence-electron chi connectivity index (χ4n) is 3.88. The van der Waals surface area contributed by atoms with Crippen LogP contribution in [-0.2, 0) is 12.8 Å². The first-order valence-electron chi connectivity index (χ1n) is 11.1. The molecule has 0 fully saturated rings. The van der Waals surface area contributed by atoms with Gasteiger partial charge in [0, 0.05) is 0 Å². The molecule has 3 rings (SSSR count). The summed E-state index contributed by atoms with van der Waals surface area (Å²) >= 11 is 0. The van der Waals surface area contributed by atoms with E-state index in [0.717, 1.165) is 36.8 Å². The zero-order chi connectivity index (χ0) is 20.6. The summed E-state index contributed by atoms with van der Waals surface area (Å²) in [5.74, 6) is -0.00529. The standard InChI is InChI=1S/C25H32F2O2/c1-3-5-7-8-9-17-29-23-15-13-19-18-12-14-22(28-16-6-4-2)24(26)20(18)10-11-21(19)25(23)27/h12-15H,3-11,16-17H2,1-2H3. The zero-order valence-electron chi connectivity index (χ0n) is 17.7. The molecule has 4 heteroatoms. The van der Waals surface area contributed by atoms with Gasteiger partial charge in [-0.05, 0) is 60.1 Å². The van der Waals surface area contributed by atoms with Gasteiger partial charge >= 0.3 is 0 Å². The fraction of sp³-hybridized carbons (Fsp3) is 0.520.